The van der Waals surface area contributed by atoms with Crippen LogP contribution < -0.4 is 20.1 Å². The van der Waals surface area contributed by atoms with E-state index < -0.39 is 0 Å². The Hall–Kier alpha value is -1.62. The van der Waals surface area contributed by atoms with Crippen LogP contribution in [0.15, 0.2) is 12.1 Å². The Morgan fingerprint density at radius 3 is 2.55 bits per heavy atom. The van der Waals surface area contributed by atoms with Crippen LogP contribution in [-0.4, -0.2) is 33.2 Å². The van der Waals surface area contributed by atoms with Crippen molar-refractivity contribution in [2.75, 3.05) is 32.6 Å². The first-order valence-corrected chi connectivity index (χ1v) is 6.92. The van der Waals surface area contributed by atoms with Gasteiger partial charge >= 0.3 is 0 Å². The normalized spacial score (nSPS) is 10.0. The Balaban J connectivity index is 2.63. The third kappa shape index (κ3) is 4.81. The Morgan fingerprint density at radius 1 is 1.25 bits per heavy atom. The lowest BCUT2D eigenvalue weighted by atomic mass is 10.2. The zero-order valence-electron chi connectivity index (χ0n) is 12.1. The van der Waals surface area contributed by atoms with E-state index in [2.05, 4.69) is 17.6 Å². The molecule has 0 aliphatic heterocycles. The molecule has 2 N–H and O–H groups in total. The van der Waals surface area contributed by atoms with Gasteiger partial charge in [-0.3, -0.25) is 4.79 Å². The first kappa shape index (κ1) is 16.4. The number of hydrogen-bond acceptors (Lipinski definition) is 4. The Labute approximate surface area is 124 Å². The molecule has 0 saturated heterocycles. The lowest BCUT2D eigenvalue weighted by Crippen LogP contribution is -2.30. The summed E-state index contributed by atoms with van der Waals surface area (Å²) in [6.07, 6.45) is 2.03. The highest BCUT2D eigenvalue weighted by Gasteiger charge is 2.10. The Kier molecular flexibility index (Phi) is 7.01. The number of methoxy groups -OCH3 is 2. The number of halogens is 1. The molecule has 0 fully saturated rings. The molecule has 1 aromatic carbocycles. The lowest BCUT2D eigenvalue weighted by Gasteiger charge is -2.13. The highest BCUT2D eigenvalue weighted by atomic mass is 35.5. The van der Waals surface area contributed by atoms with Crippen molar-refractivity contribution in [1.29, 1.82) is 0 Å². The first-order chi connectivity index (χ1) is 9.62. The third-order valence-electron chi connectivity index (χ3n) is 2.77. The van der Waals surface area contributed by atoms with Crippen molar-refractivity contribution in [3.05, 3.63) is 17.2 Å². The van der Waals surface area contributed by atoms with E-state index in [0.29, 0.717) is 28.8 Å². The molecule has 0 spiro atoms. The summed E-state index contributed by atoms with van der Waals surface area (Å²) in [5.41, 5.74) is 0.656. The molecule has 1 aromatic rings. The summed E-state index contributed by atoms with van der Waals surface area (Å²) >= 11 is 6.06. The topological polar surface area (TPSA) is 59.6 Å². The summed E-state index contributed by atoms with van der Waals surface area (Å²) in [5.74, 6) is 1.04. The third-order valence-corrected chi connectivity index (χ3v) is 3.06. The number of carbonyl (C=O) groups excluding carboxylic acids is 1. The maximum atomic E-state index is 11.6. The highest BCUT2D eigenvalue weighted by Crippen LogP contribution is 2.35. The van der Waals surface area contributed by atoms with Gasteiger partial charge in [0.1, 0.15) is 11.5 Å². The Morgan fingerprint density at radius 2 is 1.95 bits per heavy atom. The van der Waals surface area contributed by atoms with Crippen LogP contribution in [0, 0.1) is 0 Å². The number of anilines is 1. The SMILES string of the molecule is CCCCNC(=O)CNc1cc(Cl)c(OC)cc1OC. The molecule has 0 aliphatic rings. The number of ether oxygens (including phenoxy) is 2. The van der Waals surface area contributed by atoms with Crippen molar-refractivity contribution in [1.82, 2.24) is 5.32 Å². The molecule has 0 heterocycles. The summed E-state index contributed by atoms with van der Waals surface area (Å²) in [4.78, 5) is 11.6. The number of carbonyl (C=O) groups is 1. The van der Waals surface area contributed by atoms with Gasteiger partial charge in [-0.25, -0.2) is 0 Å². The average Bonchev–Trinajstić information content (AvgIpc) is 2.45. The molecule has 0 aromatic heterocycles. The molecule has 0 bridgehead atoms. The summed E-state index contributed by atoms with van der Waals surface area (Å²) in [7, 11) is 3.09. The molecule has 0 radical (unpaired) electrons. The Bertz CT molecular complexity index is 452. The predicted octanol–water partition coefficient (Wildman–Crippen LogP) is 2.69. The first-order valence-electron chi connectivity index (χ1n) is 6.54. The molecule has 112 valence electrons. The van der Waals surface area contributed by atoms with Crippen LogP contribution >= 0.6 is 11.6 Å². The van der Waals surface area contributed by atoms with Gasteiger partial charge in [0.15, 0.2) is 0 Å². The number of hydrogen-bond donors (Lipinski definition) is 2. The number of rotatable bonds is 8. The monoisotopic (exact) mass is 300 g/mol. The van der Waals surface area contributed by atoms with Gasteiger partial charge in [0, 0.05) is 12.6 Å². The van der Waals surface area contributed by atoms with Crippen LogP contribution in [0.1, 0.15) is 19.8 Å². The van der Waals surface area contributed by atoms with Gasteiger partial charge < -0.3 is 20.1 Å². The minimum Gasteiger partial charge on any atom is -0.495 e. The molecule has 0 aliphatic carbocycles. The van der Waals surface area contributed by atoms with Crippen LogP contribution in [0.2, 0.25) is 5.02 Å². The van der Waals surface area contributed by atoms with E-state index >= 15 is 0 Å². The van der Waals surface area contributed by atoms with E-state index in [4.69, 9.17) is 21.1 Å². The fraction of sp³-hybridized carbons (Fsp3) is 0.500. The van der Waals surface area contributed by atoms with Crippen molar-refractivity contribution >= 4 is 23.2 Å². The van der Waals surface area contributed by atoms with Crippen molar-refractivity contribution in [3.63, 3.8) is 0 Å². The lowest BCUT2D eigenvalue weighted by molar-refractivity contribution is -0.119. The molecular weight excluding hydrogens is 280 g/mol. The summed E-state index contributed by atoms with van der Waals surface area (Å²) < 4.78 is 10.4. The van der Waals surface area contributed by atoms with Gasteiger partial charge in [-0.2, -0.15) is 0 Å². The fourth-order valence-electron chi connectivity index (χ4n) is 1.64. The van der Waals surface area contributed by atoms with Gasteiger partial charge in [-0.15, -0.1) is 0 Å². The van der Waals surface area contributed by atoms with E-state index in [0.717, 1.165) is 12.8 Å². The summed E-state index contributed by atoms with van der Waals surface area (Å²) in [6, 6.07) is 3.36. The van der Waals surface area contributed by atoms with Crippen LogP contribution in [0.25, 0.3) is 0 Å². The standard InChI is InChI=1S/C14H21ClN2O3/c1-4-5-6-16-14(18)9-17-11-7-10(15)12(19-2)8-13(11)20-3/h7-8,17H,4-6,9H2,1-3H3,(H,16,18). The maximum Gasteiger partial charge on any atom is 0.239 e. The number of amides is 1. The minimum atomic E-state index is -0.0626. The molecule has 0 saturated carbocycles. The highest BCUT2D eigenvalue weighted by molar-refractivity contribution is 6.32. The zero-order valence-corrected chi connectivity index (χ0v) is 12.8. The van der Waals surface area contributed by atoms with Crippen molar-refractivity contribution in [2.24, 2.45) is 0 Å². The minimum absolute atomic E-state index is 0.0626. The summed E-state index contributed by atoms with van der Waals surface area (Å²) in [5, 5.41) is 6.29. The number of unbranched alkanes of at least 4 members (excludes halogenated alkanes) is 1. The van der Waals surface area contributed by atoms with E-state index in [1.807, 2.05) is 0 Å². The molecule has 20 heavy (non-hydrogen) atoms. The molecule has 1 amide bonds. The average molecular weight is 301 g/mol. The van der Waals surface area contributed by atoms with Gasteiger partial charge in [0.2, 0.25) is 5.91 Å². The van der Waals surface area contributed by atoms with Crippen molar-refractivity contribution < 1.29 is 14.3 Å². The second-order valence-electron chi connectivity index (χ2n) is 4.24. The van der Waals surface area contributed by atoms with Crippen molar-refractivity contribution in [3.8, 4) is 11.5 Å². The van der Waals surface area contributed by atoms with Gasteiger partial charge in [0.05, 0.1) is 31.5 Å². The maximum absolute atomic E-state index is 11.6. The van der Waals surface area contributed by atoms with E-state index in [9.17, 15) is 4.79 Å². The van der Waals surface area contributed by atoms with E-state index in [1.54, 1.807) is 19.2 Å². The second kappa shape index (κ2) is 8.53. The molecular formula is C14H21ClN2O3. The number of nitrogens with one attached hydrogen (secondary N) is 2. The van der Waals surface area contributed by atoms with Crippen LogP contribution in [0.5, 0.6) is 11.5 Å². The van der Waals surface area contributed by atoms with E-state index in [1.165, 1.54) is 7.11 Å². The van der Waals surface area contributed by atoms with Crippen LogP contribution in [0.3, 0.4) is 0 Å². The largest absolute Gasteiger partial charge is 0.495 e. The molecule has 0 unspecified atom stereocenters. The summed E-state index contributed by atoms with van der Waals surface area (Å²) in [6.45, 7) is 2.94. The van der Waals surface area contributed by atoms with Crippen LogP contribution in [-0.2, 0) is 4.79 Å². The molecule has 0 atom stereocenters. The van der Waals surface area contributed by atoms with Gasteiger partial charge in [0.25, 0.3) is 0 Å². The molecule has 6 heteroatoms. The van der Waals surface area contributed by atoms with Gasteiger partial charge in [-0.1, -0.05) is 24.9 Å². The van der Waals surface area contributed by atoms with Gasteiger partial charge in [-0.05, 0) is 12.5 Å². The molecule has 1 rings (SSSR count). The van der Waals surface area contributed by atoms with E-state index in [-0.39, 0.29) is 12.5 Å². The smallest absolute Gasteiger partial charge is 0.239 e. The fourth-order valence-corrected chi connectivity index (χ4v) is 1.88. The molecule has 5 nitrogen and oxygen atoms in total. The van der Waals surface area contributed by atoms with Crippen LogP contribution in [0.4, 0.5) is 5.69 Å². The number of benzene rings is 1. The zero-order chi connectivity index (χ0) is 15.0. The predicted molar refractivity (Wildman–Crippen MR) is 81.0 cm³/mol. The quantitative estimate of drug-likeness (QED) is 0.725. The second-order valence-corrected chi connectivity index (χ2v) is 4.65. The van der Waals surface area contributed by atoms with Crippen molar-refractivity contribution in [2.45, 2.75) is 19.8 Å².